The highest BCUT2D eigenvalue weighted by molar-refractivity contribution is 5.95. The number of likely N-dealkylation sites (tertiary alicyclic amines) is 3. The lowest BCUT2D eigenvalue weighted by Gasteiger charge is -2.34. The van der Waals surface area contributed by atoms with Crippen LogP contribution in [0.5, 0.6) is 0 Å². The number of nitrogens with one attached hydrogen (secondary N) is 1. The first-order valence-electron chi connectivity index (χ1n) is 14.1. The molecule has 0 spiro atoms. The average molecular weight is 521 g/mol. The Morgan fingerprint density at radius 1 is 0.784 bits per heavy atom. The topological polar surface area (TPSA) is 99.3 Å². The van der Waals surface area contributed by atoms with Gasteiger partial charge in [0, 0.05) is 38.2 Å². The molecule has 210 valence electrons. The van der Waals surface area contributed by atoms with E-state index in [0.717, 1.165) is 25.7 Å². The Kier molecular flexibility index (Phi) is 9.78. The van der Waals surface area contributed by atoms with Crippen molar-refractivity contribution in [3.63, 3.8) is 0 Å². The van der Waals surface area contributed by atoms with Crippen LogP contribution in [0.15, 0.2) is 0 Å². The summed E-state index contributed by atoms with van der Waals surface area (Å²) >= 11 is 0. The molecular formula is C28H48N4O5. The smallest absolute Gasteiger partial charge is 0.246 e. The molecule has 3 aliphatic rings. The minimum Gasteiger partial charge on any atom is -0.375 e. The Bertz CT molecular complexity index is 858. The van der Waals surface area contributed by atoms with E-state index in [2.05, 4.69) is 19.2 Å². The Labute approximate surface area is 222 Å². The summed E-state index contributed by atoms with van der Waals surface area (Å²) in [7, 11) is 1.94. The van der Waals surface area contributed by atoms with Crippen molar-refractivity contribution in [2.45, 2.75) is 122 Å². The molecule has 0 radical (unpaired) electrons. The molecule has 37 heavy (non-hydrogen) atoms. The Hall–Kier alpha value is -2.00. The van der Waals surface area contributed by atoms with Gasteiger partial charge in [-0.15, -0.1) is 0 Å². The van der Waals surface area contributed by atoms with E-state index in [4.69, 9.17) is 4.74 Å². The maximum absolute atomic E-state index is 13.6. The van der Waals surface area contributed by atoms with Crippen LogP contribution >= 0.6 is 0 Å². The molecule has 3 rings (SSSR count). The molecule has 3 heterocycles. The van der Waals surface area contributed by atoms with Crippen LogP contribution in [-0.2, 0) is 23.9 Å². The van der Waals surface area contributed by atoms with Gasteiger partial charge in [-0.25, -0.2) is 0 Å². The molecular weight excluding hydrogens is 472 g/mol. The standard InChI is InChI=1S/C28H48N4O5/c1-20(33)21-10-7-17-31(21)26(36)23-12-9-18-32(23)25(35)22-11-8-16-30(22)24(34)13-14-28(4,5)37-19-15-27(2,3)29-6/h21-23,29H,7-19H2,1-6H3. The lowest BCUT2D eigenvalue weighted by Crippen LogP contribution is -2.54. The lowest BCUT2D eigenvalue weighted by atomic mass is 9.99. The van der Waals surface area contributed by atoms with E-state index in [9.17, 15) is 19.2 Å². The number of amides is 3. The van der Waals surface area contributed by atoms with Crippen molar-refractivity contribution in [2.24, 2.45) is 0 Å². The van der Waals surface area contributed by atoms with Gasteiger partial charge in [0.2, 0.25) is 17.7 Å². The number of carbonyl (C=O) groups excluding carboxylic acids is 4. The first kappa shape index (κ1) is 29.6. The van der Waals surface area contributed by atoms with Gasteiger partial charge in [0.1, 0.15) is 12.1 Å². The van der Waals surface area contributed by atoms with E-state index in [0.29, 0.717) is 58.3 Å². The molecule has 3 amide bonds. The third kappa shape index (κ3) is 7.31. The second-order valence-corrected chi connectivity index (χ2v) is 12.2. The fourth-order valence-electron chi connectivity index (χ4n) is 5.78. The van der Waals surface area contributed by atoms with Gasteiger partial charge >= 0.3 is 0 Å². The third-order valence-corrected chi connectivity index (χ3v) is 8.52. The van der Waals surface area contributed by atoms with Crippen molar-refractivity contribution >= 4 is 23.5 Å². The van der Waals surface area contributed by atoms with Gasteiger partial charge in [0.25, 0.3) is 0 Å². The second-order valence-electron chi connectivity index (χ2n) is 12.2. The summed E-state index contributed by atoms with van der Waals surface area (Å²) in [6.07, 6.45) is 6.06. The number of ketones is 1. The van der Waals surface area contributed by atoms with E-state index in [1.54, 1.807) is 14.7 Å². The van der Waals surface area contributed by atoms with Crippen molar-refractivity contribution in [1.29, 1.82) is 0 Å². The maximum atomic E-state index is 13.6. The zero-order chi connectivity index (χ0) is 27.4. The summed E-state index contributed by atoms with van der Waals surface area (Å²) < 4.78 is 6.10. The molecule has 0 aromatic rings. The van der Waals surface area contributed by atoms with Gasteiger partial charge in [-0.05, 0) is 93.0 Å². The maximum Gasteiger partial charge on any atom is 0.246 e. The highest BCUT2D eigenvalue weighted by Crippen LogP contribution is 2.29. The molecule has 0 aliphatic carbocycles. The zero-order valence-electron chi connectivity index (χ0n) is 23.8. The van der Waals surface area contributed by atoms with Crippen LogP contribution < -0.4 is 5.32 Å². The number of rotatable bonds is 11. The molecule has 0 bridgehead atoms. The van der Waals surface area contributed by atoms with E-state index in [-0.39, 0.29) is 35.1 Å². The Balaban J connectivity index is 1.57. The third-order valence-electron chi connectivity index (χ3n) is 8.52. The summed E-state index contributed by atoms with van der Waals surface area (Å²) in [6, 6.07) is -1.41. The Morgan fingerprint density at radius 3 is 1.81 bits per heavy atom. The number of Topliss-reactive ketones (excluding diaryl/α,β-unsaturated/α-hetero) is 1. The SMILES string of the molecule is CNC(C)(C)CCOC(C)(C)CCC(=O)N1CCCC1C(=O)N1CCCC1C(=O)N1CCCC1C(C)=O. The minimum atomic E-state index is -0.529. The fourth-order valence-corrected chi connectivity index (χ4v) is 5.78. The lowest BCUT2D eigenvalue weighted by molar-refractivity contribution is -0.150. The molecule has 0 aromatic heterocycles. The summed E-state index contributed by atoms with van der Waals surface area (Å²) in [5.74, 6) is -0.252. The normalized spacial score (nSPS) is 24.7. The largest absolute Gasteiger partial charge is 0.375 e. The van der Waals surface area contributed by atoms with Crippen LogP contribution in [0.4, 0.5) is 0 Å². The van der Waals surface area contributed by atoms with Gasteiger partial charge in [-0.1, -0.05) is 0 Å². The number of hydrogen-bond donors (Lipinski definition) is 1. The number of hydrogen-bond acceptors (Lipinski definition) is 6. The van der Waals surface area contributed by atoms with Crippen molar-refractivity contribution in [1.82, 2.24) is 20.0 Å². The van der Waals surface area contributed by atoms with Gasteiger partial charge in [0.15, 0.2) is 5.78 Å². The van der Waals surface area contributed by atoms with Crippen LogP contribution in [0.25, 0.3) is 0 Å². The average Bonchev–Trinajstić information content (AvgIpc) is 3.61. The predicted molar refractivity (Wildman–Crippen MR) is 142 cm³/mol. The summed E-state index contributed by atoms with van der Waals surface area (Å²) in [5.41, 5.74) is -0.445. The predicted octanol–water partition coefficient (Wildman–Crippen LogP) is 2.51. The molecule has 3 aliphatic heterocycles. The molecule has 3 atom stereocenters. The van der Waals surface area contributed by atoms with Crippen LogP contribution in [-0.4, -0.2) is 101 Å². The quantitative estimate of drug-likeness (QED) is 0.450. The van der Waals surface area contributed by atoms with Crippen LogP contribution in [0.2, 0.25) is 0 Å². The van der Waals surface area contributed by atoms with E-state index >= 15 is 0 Å². The van der Waals surface area contributed by atoms with Gasteiger partial charge in [-0.3, -0.25) is 19.2 Å². The number of carbonyl (C=O) groups is 4. The van der Waals surface area contributed by atoms with Crippen molar-refractivity contribution < 1.29 is 23.9 Å². The van der Waals surface area contributed by atoms with E-state index in [1.807, 2.05) is 20.9 Å². The van der Waals surface area contributed by atoms with Gasteiger partial charge in [0.05, 0.1) is 11.6 Å². The molecule has 0 saturated carbocycles. The molecule has 0 aromatic carbocycles. The minimum absolute atomic E-state index is 0.00642. The second kappa shape index (κ2) is 12.2. The highest BCUT2D eigenvalue weighted by atomic mass is 16.5. The first-order valence-corrected chi connectivity index (χ1v) is 14.1. The number of nitrogens with zero attached hydrogens (tertiary/aromatic N) is 3. The summed E-state index contributed by atoms with van der Waals surface area (Å²) in [4.78, 5) is 57.3. The van der Waals surface area contributed by atoms with Crippen LogP contribution in [0.1, 0.15) is 92.4 Å². The van der Waals surface area contributed by atoms with Crippen LogP contribution in [0, 0.1) is 0 Å². The molecule has 9 nitrogen and oxygen atoms in total. The molecule has 3 unspecified atom stereocenters. The summed E-state index contributed by atoms with van der Waals surface area (Å²) in [6.45, 7) is 12.1. The van der Waals surface area contributed by atoms with Crippen molar-refractivity contribution in [3.8, 4) is 0 Å². The number of ether oxygens (including phenoxy) is 1. The molecule has 1 N–H and O–H groups in total. The van der Waals surface area contributed by atoms with Crippen molar-refractivity contribution in [2.75, 3.05) is 33.3 Å². The fraction of sp³-hybridized carbons (Fsp3) is 0.857. The summed E-state index contributed by atoms with van der Waals surface area (Å²) in [5, 5.41) is 3.27. The first-order chi connectivity index (χ1) is 17.4. The highest BCUT2D eigenvalue weighted by Gasteiger charge is 2.45. The monoisotopic (exact) mass is 520 g/mol. The van der Waals surface area contributed by atoms with Crippen LogP contribution in [0.3, 0.4) is 0 Å². The van der Waals surface area contributed by atoms with E-state index < -0.39 is 17.7 Å². The van der Waals surface area contributed by atoms with Gasteiger partial charge in [-0.2, -0.15) is 0 Å². The molecule has 3 fully saturated rings. The zero-order valence-corrected chi connectivity index (χ0v) is 23.8. The van der Waals surface area contributed by atoms with Gasteiger partial charge < -0.3 is 24.8 Å². The van der Waals surface area contributed by atoms with Crippen molar-refractivity contribution in [3.05, 3.63) is 0 Å². The Morgan fingerprint density at radius 2 is 1.27 bits per heavy atom. The van der Waals surface area contributed by atoms with E-state index in [1.165, 1.54) is 6.92 Å². The molecule has 3 saturated heterocycles. The molecule has 9 heteroatoms.